The van der Waals surface area contributed by atoms with Crippen LogP contribution in [-0.4, -0.2) is 76.1 Å². The Morgan fingerprint density at radius 3 is 1.58 bits per heavy atom. The number of aromatic nitrogens is 6. The fourth-order valence-electron chi connectivity index (χ4n) is 6.01. The molecular weight excluding hydrogens is 929 g/mol. The predicted octanol–water partition coefficient (Wildman–Crippen LogP) is 11.7. The van der Waals surface area contributed by atoms with Crippen molar-refractivity contribution >= 4 is 82.2 Å². The Kier molecular flexibility index (Phi) is 21.6. The van der Waals surface area contributed by atoms with Gasteiger partial charge in [0.25, 0.3) is 0 Å². The molecule has 3 heterocycles. The Hall–Kier alpha value is -4.15. The Bertz CT molecular complexity index is 2370. The van der Waals surface area contributed by atoms with Gasteiger partial charge in [0.1, 0.15) is 5.69 Å². The molecule has 0 spiro atoms. The molecule has 0 unspecified atom stereocenters. The maximum atomic E-state index is 6.39. The molecule has 4 aromatic carbocycles. The fraction of sp³-hybridized carbons (Fsp3) is 0.362. The number of nitrogens with one attached hydrogen (secondary N) is 2. The average Bonchev–Trinajstić information content (AvgIpc) is 3.51. The van der Waals surface area contributed by atoms with E-state index < -0.39 is 7.12 Å². The quantitative estimate of drug-likeness (QED) is 0.0705. The van der Waals surface area contributed by atoms with Gasteiger partial charge in [0, 0.05) is 64.4 Å². The molecule has 6 aromatic rings. The standard InChI is InChI=1S/C20H20Cl2N4O.C14H17ClN4O.C12H15BCl2O2.CH4/c1-27-12-6-11-17-24-20(23-13-14-7-3-2-4-8-14)19(26-25-17)15-9-5-10-16(21)18(15)22;1-20-9-5-8-12-17-14(13(15)19-18-12)16-10-11-6-3-2-4-7-11;1-11(2)12(3,4)17-13(16-11)8-6-5-7-9(14)10(8)15;/h2-5,7-10H,6,11-13H2,1H3,(H,23,24,25);2-4,6-7H,5,8-10H2,1H3,(H,16,17,18);5-7H,1-4H3;1H4. The predicted molar refractivity (Wildman–Crippen MR) is 267 cm³/mol. The largest absolute Gasteiger partial charge is 0.496 e. The number of halogens is 5. The number of hydrogen-bond donors (Lipinski definition) is 2. The van der Waals surface area contributed by atoms with Crippen LogP contribution in [0.1, 0.15) is 70.7 Å². The van der Waals surface area contributed by atoms with Crippen molar-refractivity contribution in [2.45, 2.75) is 85.1 Å². The molecule has 12 nitrogen and oxygen atoms in total. The average molecular weight is 985 g/mol. The molecule has 1 saturated heterocycles. The number of benzene rings is 4. The van der Waals surface area contributed by atoms with Gasteiger partial charge in [-0.3, -0.25) is 0 Å². The van der Waals surface area contributed by atoms with Gasteiger partial charge in [0.15, 0.2) is 28.4 Å². The van der Waals surface area contributed by atoms with Gasteiger partial charge in [0.05, 0.1) is 31.3 Å². The van der Waals surface area contributed by atoms with Crippen molar-refractivity contribution in [2.24, 2.45) is 0 Å². The maximum absolute atomic E-state index is 6.39. The molecule has 1 aliphatic heterocycles. The van der Waals surface area contributed by atoms with Crippen molar-refractivity contribution in [1.29, 1.82) is 0 Å². The number of hydrogen-bond acceptors (Lipinski definition) is 12. The van der Waals surface area contributed by atoms with Crippen LogP contribution in [-0.2, 0) is 44.7 Å². The van der Waals surface area contributed by atoms with Gasteiger partial charge in [-0.1, -0.05) is 150 Å². The monoisotopic (exact) mass is 982 g/mol. The Labute approximate surface area is 408 Å². The van der Waals surface area contributed by atoms with Gasteiger partial charge in [-0.25, -0.2) is 9.97 Å². The lowest BCUT2D eigenvalue weighted by Crippen LogP contribution is -2.41. The lowest BCUT2D eigenvalue weighted by atomic mass is 9.79. The van der Waals surface area contributed by atoms with Gasteiger partial charge < -0.3 is 29.4 Å². The first-order valence-corrected chi connectivity index (χ1v) is 22.5. The van der Waals surface area contributed by atoms with Crippen molar-refractivity contribution in [3.05, 3.63) is 145 Å². The highest BCUT2D eigenvalue weighted by Gasteiger charge is 2.52. The molecule has 0 aliphatic carbocycles. The van der Waals surface area contributed by atoms with Gasteiger partial charge in [-0.2, -0.15) is 0 Å². The Morgan fingerprint density at radius 2 is 1.05 bits per heavy atom. The summed E-state index contributed by atoms with van der Waals surface area (Å²) < 4.78 is 21.9. The maximum Gasteiger partial charge on any atom is 0.496 e. The second-order valence-electron chi connectivity index (χ2n) is 15.5. The van der Waals surface area contributed by atoms with Crippen LogP contribution in [0.2, 0.25) is 25.2 Å². The first kappa shape index (κ1) is 53.5. The molecule has 2 aromatic heterocycles. The van der Waals surface area contributed by atoms with Crippen LogP contribution < -0.4 is 16.1 Å². The van der Waals surface area contributed by atoms with Crippen molar-refractivity contribution in [2.75, 3.05) is 38.1 Å². The van der Waals surface area contributed by atoms with Crippen molar-refractivity contribution in [1.82, 2.24) is 30.4 Å². The molecule has 65 heavy (non-hydrogen) atoms. The summed E-state index contributed by atoms with van der Waals surface area (Å²) in [6.45, 7) is 10.6. The van der Waals surface area contributed by atoms with Crippen molar-refractivity contribution < 1.29 is 18.8 Å². The Morgan fingerprint density at radius 1 is 0.569 bits per heavy atom. The summed E-state index contributed by atoms with van der Waals surface area (Å²) in [5, 5.41) is 25.3. The van der Waals surface area contributed by atoms with E-state index in [2.05, 4.69) is 41.0 Å². The number of methoxy groups -OCH3 is 2. The third-order valence-electron chi connectivity index (χ3n) is 10.2. The summed E-state index contributed by atoms with van der Waals surface area (Å²) in [7, 11) is 2.88. The molecule has 2 N–H and O–H groups in total. The van der Waals surface area contributed by atoms with Crippen LogP contribution in [0.5, 0.6) is 0 Å². The van der Waals surface area contributed by atoms with Gasteiger partial charge in [0.2, 0.25) is 0 Å². The molecule has 0 saturated carbocycles. The lowest BCUT2D eigenvalue weighted by molar-refractivity contribution is 0.00578. The van der Waals surface area contributed by atoms with Crippen LogP contribution in [0.15, 0.2) is 97.1 Å². The molecule has 0 bridgehead atoms. The van der Waals surface area contributed by atoms with Crippen molar-refractivity contribution in [3.8, 4) is 11.3 Å². The first-order valence-electron chi connectivity index (χ1n) is 20.6. The summed E-state index contributed by atoms with van der Waals surface area (Å²) >= 11 is 30.7. The molecule has 1 aliphatic rings. The summed E-state index contributed by atoms with van der Waals surface area (Å²) in [5.41, 5.74) is 3.60. The van der Waals surface area contributed by atoms with Crippen LogP contribution in [0.4, 0.5) is 11.6 Å². The molecule has 0 atom stereocenters. The second-order valence-corrected chi connectivity index (χ2v) is 17.4. The fourth-order valence-corrected chi connectivity index (χ4v) is 6.94. The van der Waals surface area contributed by atoms with Gasteiger partial charge >= 0.3 is 7.12 Å². The summed E-state index contributed by atoms with van der Waals surface area (Å²) in [6, 6.07) is 31.0. The summed E-state index contributed by atoms with van der Waals surface area (Å²) in [5.74, 6) is 2.52. The van der Waals surface area contributed by atoms with E-state index in [0.29, 0.717) is 87.4 Å². The molecule has 346 valence electrons. The lowest BCUT2D eigenvalue weighted by Gasteiger charge is -2.32. The van der Waals surface area contributed by atoms with Gasteiger partial charge in [-0.15, -0.1) is 20.4 Å². The zero-order valence-corrected chi connectivity index (χ0v) is 40.5. The van der Waals surface area contributed by atoms with Crippen LogP contribution in [0, 0.1) is 0 Å². The van der Waals surface area contributed by atoms with E-state index in [1.807, 2.05) is 113 Å². The minimum atomic E-state index is -0.466. The highest BCUT2D eigenvalue weighted by molar-refractivity contribution is 6.66. The minimum absolute atomic E-state index is 0. The van der Waals surface area contributed by atoms with Gasteiger partial charge in [-0.05, 0) is 63.8 Å². The summed E-state index contributed by atoms with van der Waals surface area (Å²) in [4.78, 5) is 9.05. The SMILES string of the molecule is C.CC1(C)OB(c2cccc(Cl)c2Cl)OC1(C)C.COCCCc1nnc(-c2cccc(Cl)c2Cl)c(NCc2ccccc2)n1.COCCCc1nnc(Cl)c(NCc2ccccc2)n1. The number of aryl methyl sites for hydroxylation is 2. The number of nitrogens with zero attached hydrogens (tertiary/aromatic N) is 6. The summed E-state index contributed by atoms with van der Waals surface area (Å²) in [6.07, 6.45) is 3.09. The van der Waals surface area contributed by atoms with E-state index in [9.17, 15) is 0 Å². The Balaban J connectivity index is 0.000000218. The topological polar surface area (TPSA) is 138 Å². The number of anilines is 2. The second kappa shape index (κ2) is 26.3. The van der Waals surface area contributed by atoms with E-state index >= 15 is 0 Å². The van der Waals surface area contributed by atoms with E-state index in [-0.39, 0.29) is 23.8 Å². The zero-order chi connectivity index (χ0) is 46.1. The smallest absolute Gasteiger partial charge is 0.399 e. The molecule has 0 radical (unpaired) electrons. The molecule has 1 fully saturated rings. The van der Waals surface area contributed by atoms with Crippen LogP contribution >= 0.6 is 58.0 Å². The number of ether oxygens (including phenoxy) is 2. The molecule has 7 rings (SSSR count). The zero-order valence-electron chi connectivity index (χ0n) is 36.7. The number of rotatable bonds is 16. The minimum Gasteiger partial charge on any atom is -0.399 e. The van der Waals surface area contributed by atoms with E-state index in [4.69, 9.17) is 76.8 Å². The van der Waals surface area contributed by atoms with Crippen LogP contribution in [0.3, 0.4) is 0 Å². The third kappa shape index (κ3) is 15.7. The molecule has 18 heteroatoms. The van der Waals surface area contributed by atoms with Crippen LogP contribution in [0.25, 0.3) is 11.3 Å². The van der Waals surface area contributed by atoms with E-state index in [0.717, 1.165) is 35.9 Å². The van der Waals surface area contributed by atoms with Crippen molar-refractivity contribution in [3.63, 3.8) is 0 Å². The van der Waals surface area contributed by atoms with E-state index in [1.165, 1.54) is 0 Å². The molecular formula is C47H56BCl5N8O4. The highest BCUT2D eigenvalue weighted by atomic mass is 35.5. The normalized spacial score (nSPS) is 13.4. The van der Waals surface area contributed by atoms with E-state index in [1.54, 1.807) is 26.4 Å². The first-order chi connectivity index (χ1) is 30.7. The molecule has 0 amide bonds. The third-order valence-corrected chi connectivity index (χ3v) is 12.1. The highest BCUT2D eigenvalue weighted by Crippen LogP contribution is 2.38.